The van der Waals surface area contributed by atoms with E-state index in [0.29, 0.717) is 12.8 Å². The predicted molar refractivity (Wildman–Crippen MR) is 74.8 cm³/mol. The highest BCUT2D eigenvalue weighted by Crippen LogP contribution is 2.26. The van der Waals surface area contributed by atoms with Crippen LogP contribution in [0.25, 0.3) is 0 Å². The molecular formula is C15H20N2O2. The molecule has 102 valence electrons. The van der Waals surface area contributed by atoms with Gasteiger partial charge in [0.05, 0.1) is 0 Å². The van der Waals surface area contributed by atoms with Gasteiger partial charge in [0, 0.05) is 18.2 Å². The van der Waals surface area contributed by atoms with Crippen molar-refractivity contribution in [2.45, 2.75) is 45.2 Å². The van der Waals surface area contributed by atoms with Gasteiger partial charge in [0.1, 0.15) is 6.04 Å². The van der Waals surface area contributed by atoms with Crippen LogP contribution in [0.15, 0.2) is 30.3 Å². The van der Waals surface area contributed by atoms with E-state index >= 15 is 0 Å². The summed E-state index contributed by atoms with van der Waals surface area (Å²) in [7, 11) is 0. The Morgan fingerprint density at radius 2 is 2.11 bits per heavy atom. The van der Waals surface area contributed by atoms with Crippen LogP contribution < -0.4 is 10.2 Å². The van der Waals surface area contributed by atoms with E-state index in [1.807, 2.05) is 44.2 Å². The van der Waals surface area contributed by atoms with Gasteiger partial charge in [0.2, 0.25) is 11.8 Å². The molecule has 2 atom stereocenters. The average Bonchev–Trinajstić information content (AvgIpc) is 2.81. The lowest BCUT2D eigenvalue weighted by atomic mass is 10.1. The van der Waals surface area contributed by atoms with Crippen LogP contribution in [0.3, 0.4) is 0 Å². The number of anilines is 1. The van der Waals surface area contributed by atoms with Gasteiger partial charge in [0.15, 0.2) is 0 Å². The predicted octanol–water partition coefficient (Wildman–Crippen LogP) is 2.10. The van der Waals surface area contributed by atoms with Gasteiger partial charge >= 0.3 is 0 Å². The van der Waals surface area contributed by atoms with Crippen molar-refractivity contribution in [3.63, 3.8) is 0 Å². The summed E-state index contributed by atoms with van der Waals surface area (Å²) < 4.78 is 0. The highest BCUT2D eigenvalue weighted by atomic mass is 16.2. The summed E-state index contributed by atoms with van der Waals surface area (Å²) in [6.07, 6.45) is 1.92. The van der Waals surface area contributed by atoms with Gasteiger partial charge in [-0.2, -0.15) is 0 Å². The first-order chi connectivity index (χ1) is 9.13. The van der Waals surface area contributed by atoms with Crippen LogP contribution in [0.1, 0.15) is 33.1 Å². The van der Waals surface area contributed by atoms with Crippen LogP contribution in [0.4, 0.5) is 5.69 Å². The molecular weight excluding hydrogens is 240 g/mol. The lowest BCUT2D eigenvalue weighted by Crippen LogP contribution is -2.47. The molecule has 1 saturated heterocycles. The summed E-state index contributed by atoms with van der Waals surface area (Å²) >= 11 is 0. The normalized spacial score (nSPS) is 20.4. The number of benzene rings is 1. The SMILES string of the molecule is CCC(C)NC(=O)C1CCC(=O)N1c1ccccc1. The third-order valence-electron chi connectivity index (χ3n) is 3.55. The number of carbonyl (C=O) groups excluding carboxylic acids is 2. The maximum Gasteiger partial charge on any atom is 0.243 e. The highest BCUT2D eigenvalue weighted by molar-refractivity contribution is 6.03. The van der Waals surface area contributed by atoms with Gasteiger partial charge in [-0.15, -0.1) is 0 Å². The summed E-state index contributed by atoms with van der Waals surface area (Å²) in [6.45, 7) is 4.00. The Morgan fingerprint density at radius 3 is 2.74 bits per heavy atom. The highest BCUT2D eigenvalue weighted by Gasteiger charge is 2.37. The number of carbonyl (C=O) groups is 2. The first-order valence-electron chi connectivity index (χ1n) is 6.81. The van der Waals surface area contributed by atoms with E-state index in [1.54, 1.807) is 4.90 Å². The third kappa shape index (κ3) is 2.95. The van der Waals surface area contributed by atoms with Crippen molar-refractivity contribution in [3.8, 4) is 0 Å². The molecule has 1 aromatic carbocycles. The molecule has 0 aliphatic carbocycles. The number of hydrogen-bond donors (Lipinski definition) is 1. The van der Waals surface area contributed by atoms with Crippen LogP contribution in [0, 0.1) is 0 Å². The van der Waals surface area contributed by atoms with E-state index < -0.39 is 0 Å². The molecule has 2 amide bonds. The van der Waals surface area contributed by atoms with Crippen molar-refractivity contribution < 1.29 is 9.59 Å². The number of hydrogen-bond acceptors (Lipinski definition) is 2. The lowest BCUT2D eigenvalue weighted by Gasteiger charge is -2.25. The molecule has 1 aliphatic rings. The number of amides is 2. The van der Waals surface area contributed by atoms with Crippen molar-refractivity contribution in [2.24, 2.45) is 0 Å². The van der Waals surface area contributed by atoms with Crippen LogP contribution in [0.2, 0.25) is 0 Å². The Labute approximate surface area is 113 Å². The molecule has 2 unspecified atom stereocenters. The van der Waals surface area contributed by atoms with Crippen LogP contribution in [0.5, 0.6) is 0 Å². The molecule has 1 N–H and O–H groups in total. The first kappa shape index (κ1) is 13.6. The maximum atomic E-state index is 12.2. The second-order valence-electron chi connectivity index (χ2n) is 4.97. The number of rotatable bonds is 4. The molecule has 4 heteroatoms. The van der Waals surface area contributed by atoms with Crippen molar-refractivity contribution >= 4 is 17.5 Å². The van der Waals surface area contributed by atoms with E-state index in [1.165, 1.54) is 0 Å². The fourth-order valence-corrected chi connectivity index (χ4v) is 2.29. The molecule has 0 aromatic heterocycles. The summed E-state index contributed by atoms with van der Waals surface area (Å²) in [6, 6.07) is 9.16. The summed E-state index contributed by atoms with van der Waals surface area (Å²) in [5.74, 6) is -0.0282. The molecule has 1 fully saturated rings. The fourth-order valence-electron chi connectivity index (χ4n) is 2.29. The molecule has 0 saturated carbocycles. The summed E-state index contributed by atoms with van der Waals surface area (Å²) in [4.78, 5) is 25.9. The molecule has 0 radical (unpaired) electrons. The minimum Gasteiger partial charge on any atom is -0.352 e. The quantitative estimate of drug-likeness (QED) is 0.901. The second-order valence-corrected chi connectivity index (χ2v) is 4.97. The van der Waals surface area contributed by atoms with E-state index in [2.05, 4.69) is 5.32 Å². The Hall–Kier alpha value is -1.84. The topological polar surface area (TPSA) is 49.4 Å². The van der Waals surface area contributed by atoms with Gasteiger partial charge < -0.3 is 5.32 Å². The van der Waals surface area contributed by atoms with Crippen LogP contribution >= 0.6 is 0 Å². The Balaban J connectivity index is 2.16. The first-order valence-corrected chi connectivity index (χ1v) is 6.81. The Morgan fingerprint density at radius 1 is 1.42 bits per heavy atom. The molecule has 2 rings (SSSR count). The minimum absolute atomic E-state index is 0.0236. The van der Waals surface area contributed by atoms with Crippen molar-refractivity contribution in [3.05, 3.63) is 30.3 Å². The molecule has 1 heterocycles. The zero-order valence-electron chi connectivity index (χ0n) is 11.4. The van der Waals surface area contributed by atoms with E-state index in [0.717, 1.165) is 12.1 Å². The zero-order valence-corrected chi connectivity index (χ0v) is 11.4. The lowest BCUT2D eigenvalue weighted by molar-refractivity contribution is -0.124. The third-order valence-corrected chi connectivity index (χ3v) is 3.55. The molecule has 0 bridgehead atoms. The van der Waals surface area contributed by atoms with Crippen molar-refractivity contribution in [2.75, 3.05) is 4.90 Å². The number of para-hydroxylation sites is 1. The van der Waals surface area contributed by atoms with Gasteiger partial charge in [-0.05, 0) is 31.9 Å². The molecule has 19 heavy (non-hydrogen) atoms. The number of nitrogens with zero attached hydrogens (tertiary/aromatic N) is 1. The minimum atomic E-state index is -0.371. The maximum absolute atomic E-state index is 12.2. The zero-order chi connectivity index (χ0) is 13.8. The van der Waals surface area contributed by atoms with Crippen LogP contribution in [-0.2, 0) is 9.59 Å². The molecule has 4 nitrogen and oxygen atoms in total. The second kappa shape index (κ2) is 5.87. The van der Waals surface area contributed by atoms with E-state index in [-0.39, 0.29) is 23.9 Å². The van der Waals surface area contributed by atoms with Crippen molar-refractivity contribution in [1.29, 1.82) is 0 Å². The smallest absolute Gasteiger partial charge is 0.243 e. The summed E-state index contributed by atoms with van der Waals surface area (Å²) in [5.41, 5.74) is 0.800. The van der Waals surface area contributed by atoms with Gasteiger partial charge in [0.25, 0.3) is 0 Å². The van der Waals surface area contributed by atoms with Gasteiger partial charge in [-0.1, -0.05) is 25.1 Å². The molecule has 1 aromatic rings. The van der Waals surface area contributed by atoms with E-state index in [9.17, 15) is 9.59 Å². The van der Waals surface area contributed by atoms with Gasteiger partial charge in [-0.25, -0.2) is 0 Å². The number of nitrogens with one attached hydrogen (secondary N) is 1. The largest absolute Gasteiger partial charge is 0.352 e. The van der Waals surface area contributed by atoms with Crippen LogP contribution in [-0.4, -0.2) is 23.9 Å². The molecule has 1 aliphatic heterocycles. The van der Waals surface area contributed by atoms with Crippen molar-refractivity contribution in [1.82, 2.24) is 5.32 Å². The Bertz CT molecular complexity index is 458. The Kier molecular flexibility index (Phi) is 4.20. The summed E-state index contributed by atoms with van der Waals surface area (Å²) in [5, 5.41) is 2.96. The standard InChI is InChI=1S/C15H20N2O2/c1-3-11(2)16-15(19)13-9-10-14(18)17(13)12-7-5-4-6-8-12/h4-8,11,13H,3,9-10H2,1-2H3,(H,16,19). The fraction of sp³-hybridized carbons (Fsp3) is 0.467. The average molecular weight is 260 g/mol. The molecule has 0 spiro atoms. The monoisotopic (exact) mass is 260 g/mol. The van der Waals surface area contributed by atoms with E-state index in [4.69, 9.17) is 0 Å². The van der Waals surface area contributed by atoms with Gasteiger partial charge in [-0.3, -0.25) is 14.5 Å².